The molecule has 8 heteroatoms. The minimum Gasteiger partial charge on any atom is -0.432 e. The van der Waals surface area contributed by atoms with Crippen LogP contribution < -0.4 is 0 Å². The standard InChI is InChI=1S/C45H27N7O/c1-3-14-28(15-4-1)42-48-43(29-16-5-2-6-17-29)50-45(49-42)52-37-23-10-8-19-31(37)33-26-25-32-30-18-7-9-22-36(30)51(39(32)40(33)52)38-24-13-21-34-41(38)53-44(47-34)35-20-11-12-27-46-35/h1-27H. The Bertz CT molecular complexity index is 3110. The van der Waals surface area contributed by atoms with Crippen LogP contribution in [0.15, 0.2) is 168 Å². The van der Waals surface area contributed by atoms with Crippen molar-refractivity contribution in [2.24, 2.45) is 0 Å². The highest BCUT2D eigenvalue weighted by Gasteiger charge is 2.25. The van der Waals surface area contributed by atoms with Crippen LogP contribution >= 0.6 is 0 Å². The summed E-state index contributed by atoms with van der Waals surface area (Å²) >= 11 is 0. The van der Waals surface area contributed by atoms with E-state index in [1.54, 1.807) is 6.20 Å². The molecule has 0 aliphatic carbocycles. The van der Waals surface area contributed by atoms with Crippen LogP contribution in [0.5, 0.6) is 0 Å². The lowest BCUT2D eigenvalue weighted by atomic mass is 10.1. The average Bonchev–Trinajstić information content (AvgIpc) is 3.92. The third-order valence-electron chi connectivity index (χ3n) is 9.88. The summed E-state index contributed by atoms with van der Waals surface area (Å²) in [6.45, 7) is 0. The molecule has 0 unspecified atom stereocenters. The Labute approximate surface area is 302 Å². The fourth-order valence-electron chi connectivity index (χ4n) is 7.57. The van der Waals surface area contributed by atoms with Gasteiger partial charge in [-0.3, -0.25) is 9.55 Å². The number of fused-ring (bicyclic) bond motifs is 8. The highest BCUT2D eigenvalue weighted by Crippen LogP contribution is 2.42. The van der Waals surface area contributed by atoms with Crippen molar-refractivity contribution >= 4 is 54.7 Å². The molecule has 0 N–H and O–H groups in total. The number of hydrogen-bond acceptors (Lipinski definition) is 6. The molecule has 0 saturated heterocycles. The number of oxazole rings is 1. The molecule has 11 rings (SSSR count). The fourth-order valence-corrected chi connectivity index (χ4v) is 7.57. The highest BCUT2D eigenvalue weighted by molar-refractivity contribution is 6.24. The van der Waals surface area contributed by atoms with Crippen LogP contribution in [0.3, 0.4) is 0 Å². The molecule has 0 aliphatic rings. The van der Waals surface area contributed by atoms with Gasteiger partial charge in [0, 0.05) is 38.9 Å². The lowest BCUT2D eigenvalue weighted by Gasteiger charge is -2.13. The van der Waals surface area contributed by atoms with Crippen molar-refractivity contribution in [1.82, 2.24) is 34.1 Å². The van der Waals surface area contributed by atoms with Crippen LogP contribution in [0.25, 0.3) is 101 Å². The van der Waals surface area contributed by atoms with E-state index in [-0.39, 0.29) is 0 Å². The number of pyridine rings is 1. The lowest BCUT2D eigenvalue weighted by Crippen LogP contribution is -2.07. The van der Waals surface area contributed by atoms with E-state index in [0.29, 0.717) is 34.8 Å². The van der Waals surface area contributed by atoms with E-state index >= 15 is 0 Å². The van der Waals surface area contributed by atoms with Crippen LogP contribution in [-0.2, 0) is 0 Å². The van der Waals surface area contributed by atoms with Gasteiger partial charge in [-0.05, 0) is 36.4 Å². The molecule has 11 aromatic rings. The summed E-state index contributed by atoms with van der Waals surface area (Å²) in [5.41, 5.74) is 8.82. The van der Waals surface area contributed by atoms with E-state index in [1.165, 1.54) is 0 Å². The Morgan fingerprint density at radius 2 is 1.02 bits per heavy atom. The fraction of sp³-hybridized carbons (Fsp3) is 0. The van der Waals surface area contributed by atoms with E-state index in [4.69, 9.17) is 24.4 Å². The van der Waals surface area contributed by atoms with E-state index < -0.39 is 0 Å². The van der Waals surface area contributed by atoms with Gasteiger partial charge in [0.25, 0.3) is 0 Å². The van der Waals surface area contributed by atoms with Crippen molar-refractivity contribution in [3.05, 3.63) is 164 Å². The maximum absolute atomic E-state index is 6.59. The number of hydrogen-bond donors (Lipinski definition) is 0. The summed E-state index contributed by atoms with van der Waals surface area (Å²) < 4.78 is 11.1. The van der Waals surface area contributed by atoms with Crippen molar-refractivity contribution in [2.75, 3.05) is 0 Å². The first-order valence-corrected chi connectivity index (χ1v) is 17.4. The maximum atomic E-state index is 6.59. The third kappa shape index (κ3) is 4.52. The van der Waals surface area contributed by atoms with Crippen LogP contribution in [0.4, 0.5) is 0 Å². The van der Waals surface area contributed by atoms with Gasteiger partial charge in [0.15, 0.2) is 17.2 Å². The first-order valence-electron chi connectivity index (χ1n) is 17.4. The SMILES string of the molecule is c1ccc(-c2nc(-c3ccccc3)nc(-n3c4ccccc4c4ccc5c6ccccc6n(-c6cccc7nc(-c8ccccn8)oc67)c5c43)n2)cc1. The van der Waals surface area contributed by atoms with Gasteiger partial charge in [-0.25, -0.2) is 9.97 Å². The molecule has 53 heavy (non-hydrogen) atoms. The predicted octanol–water partition coefficient (Wildman–Crippen LogP) is 10.6. The summed E-state index contributed by atoms with van der Waals surface area (Å²) in [5, 5.41) is 4.39. The summed E-state index contributed by atoms with van der Waals surface area (Å²) in [4.78, 5) is 24.8. The Balaban J connectivity index is 1.29. The van der Waals surface area contributed by atoms with Crippen molar-refractivity contribution in [1.29, 1.82) is 0 Å². The molecule has 6 aromatic carbocycles. The number of nitrogens with zero attached hydrogens (tertiary/aromatic N) is 7. The van der Waals surface area contributed by atoms with Crippen molar-refractivity contribution in [2.45, 2.75) is 0 Å². The monoisotopic (exact) mass is 681 g/mol. The molecule has 0 spiro atoms. The molecule has 0 fully saturated rings. The first-order chi connectivity index (χ1) is 26.3. The molecular formula is C45H27N7O. The Morgan fingerprint density at radius 1 is 0.434 bits per heavy atom. The van der Waals surface area contributed by atoms with E-state index in [1.807, 2.05) is 91.0 Å². The summed E-state index contributed by atoms with van der Waals surface area (Å²) in [6, 6.07) is 53.4. The topological polar surface area (TPSA) is 87.5 Å². The zero-order valence-electron chi connectivity index (χ0n) is 28.1. The van der Waals surface area contributed by atoms with E-state index in [2.05, 4.69) is 80.8 Å². The zero-order valence-corrected chi connectivity index (χ0v) is 28.1. The summed E-state index contributed by atoms with van der Waals surface area (Å²) in [7, 11) is 0. The normalized spacial score (nSPS) is 11.8. The quantitative estimate of drug-likeness (QED) is 0.180. The van der Waals surface area contributed by atoms with Gasteiger partial charge in [-0.15, -0.1) is 0 Å². The van der Waals surface area contributed by atoms with Gasteiger partial charge in [0.1, 0.15) is 11.2 Å². The highest BCUT2D eigenvalue weighted by atomic mass is 16.3. The third-order valence-corrected chi connectivity index (χ3v) is 9.88. The van der Waals surface area contributed by atoms with Crippen LogP contribution in [-0.4, -0.2) is 34.1 Å². The van der Waals surface area contributed by atoms with Gasteiger partial charge in [-0.1, -0.05) is 121 Å². The van der Waals surface area contributed by atoms with Crippen molar-refractivity contribution < 1.29 is 4.42 Å². The number of benzene rings is 6. The second kappa shape index (κ2) is 11.5. The molecule has 248 valence electrons. The van der Waals surface area contributed by atoms with E-state index in [9.17, 15) is 0 Å². The Hall–Kier alpha value is -7.45. The number of para-hydroxylation sites is 3. The molecular weight excluding hydrogens is 655 g/mol. The summed E-state index contributed by atoms with van der Waals surface area (Å²) in [6.07, 6.45) is 1.75. The minimum absolute atomic E-state index is 0.472. The molecule has 0 saturated carbocycles. The maximum Gasteiger partial charge on any atom is 0.246 e. The van der Waals surface area contributed by atoms with Gasteiger partial charge in [0.2, 0.25) is 11.8 Å². The first kappa shape index (κ1) is 29.3. The molecule has 0 aliphatic heterocycles. The van der Waals surface area contributed by atoms with Crippen molar-refractivity contribution in [3.63, 3.8) is 0 Å². The van der Waals surface area contributed by atoms with Gasteiger partial charge < -0.3 is 8.98 Å². The minimum atomic E-state index is 0.472. The molecule has 8 nitrogen and oxygen atoms in total. The van der Waals surface area contributed by atoms with E-state index in [0.717, 1.165) is 65.9 Å². The lowest BCUT2D eigenvalue weighted by molar-refractivity contribution is 0.615. The van der Waals surface area contributed by atoms with Gasteiger partial charge >= 0.3 is 0 Å². The second-order valence-corrected chi connectivity index (χ2v) is 12.9. The predicted molar refractivity (Wildman–Crippen MR) is 210 cm³/mol. The summed E-state index contributed by atoms with van der Waals surface area (Å²) in [5.74, 6) is 2.20. The van der Waals surface area contributed by atoms with Crippen LogP contribution in [0, 0.1) is 0 Å². The van der Waals surface area contributed by atoms with Gasteiger partial charge in [0.05, 0.1) is 27.8 Å². The Kier molecular flexibility index (Phi) is 6.38. The largest absolute Gasteiger partial charge is 0.432 e. The molecule has 5 aromatic heterocycles. The Morgan fingerprint density at radius 3 is 1.66 bits per heavy atom. The number of aromatic nitrogens is 7. The van der Waals surface area contributed by atoms with Gasteiger partial charge in [-0.2, -0.15) is 9.97 Å². The molecule has 0 bridgehead atoms. The second-order valence-electron chi connectivity index (χ2n) is 12.9. The van der Waals surface area contributed by atoms with Crippen LogP contribution in [0.2, 0.25) is 0 Å². The molecule has 0 amide bonds. The van der Waals surface area contributed by atoms with Crippen molar-refractivity contribution in [3.8, 4) is 46.0 Å². The van der Waals surface area contributed by atoms with Crippen LogP contribution in [0.1, 0.15) is 0 Å². The zero-order chi connectivity index (χ0) is 34.9. The molecule has 5 heterocycles. The molecule has 0 atom stereocenters. The number of rotatable bonds is 5. The molecule has 0 radical (unpaired) electrons. The average molecular weight is 682 g/mol. The smallest absolute Gasteiger partial charge is 0.246 e.